The molecule has 1 N–H and O–H groups in total. The number of Topliss-reactive ketones (excluding diaryl/α,β-unsaturated/α-hetero) is 1. The van der Waals surface area contributed by atoms with Crippen molar-refractivity contribution in [2.75, 3.05) is 26.2 Å². The zero-order valence-electron chi connectivity index (χ0n) is 17.6. The summed E-state index contributed by atoms with van der Waals surface area (Å²) in [6.07, 6.45) is 0. The molecule has 5 nitrogen and oxygen atoms in total. The minimum atomic E-state index is -0.969. The van der Waals surface area contributed by atoms with Crippen LogP contribution in [0.4, 0.5) is 4.39 Å². The van der Waals surface area contributed by atoms with Crippen molar-refractivity contribution in [3.63, 3.8) is 0 Å². The molecule has 0 aliphatic carbocycles. The molecule has 30 heavy (non-hydrogen) atoms. The number of likely N-dealkylation sites (N-methyl/N-ethyl adjacent to an activating group) is 1. The summed E-state index contributed by atoms with van der Waals surface area (Å²) in [7, 11) is 0. The highest BCUT2D eigenvalue weighted by Crippen LogP contribution is 2.40. The van der Waals surface area contributed by atoms with Crippen molar-refractivity contribution in [3.05, 3.63) is 76.6 Å². The summed E-state index contributed by atoms with van der Waals surface area (Å²) in [6.45, 7) is 8.36. The third-order valence-electron chi connectivity index (χ3n) is 5.62. The van der Waals surface area contributed by atoms with Gasteiger partial charge in [-0.3, -0.25) is 9.59 Å². The van der Waals surface area contributed by atoms with Crippen molar-refractivity contribution in [1.82, 2.24) is 9.80 Å². The van der Waals surface area contributed by atoms with Gasteiger partial charge in [0.25, 0.3) is 11.7 Å². The zero-order valence-corrected chi connectivity index (χ0v) is 17.6. The molecule has 0 spiro atoms. The summed E-state index contributed by atoms with van der Waals surface area (Å²) in [5.41, 5.74) is 1.54. The lowest BCUT2D eigenvalue weighted by Gasteiger charge is -2.28. The monoisotopic (exact) mass is 410 g/mol. The van der Waals surface area contributed by atoms with Crippen LogP contribution in [0.5, 0.6) is 0 Å². The SMILES string of the molecule is CCN(CC)CCN1C(=O)C(=O)C(=C(O)c2ccc(C)cc2)C1c1ccccc1F. The quantitative estimate of drug-likeness (QED) is 0.427. The number of rotatable bonds is 7. The highest BCUT2D eigenvalue weighted by atomic mass is 19.1. The molecule has 0 saturated carbocycles. The number of aliphatic hydroxyl groups is 1. The fourth-order valence-electron chi connectivity index (χ4n) is 3.79. The number of carbonyl (C=O) groups is 2. The number of ketones is 1. The van der Waals surface area contributed by atoms with E-state index in [2.05, 4.69) is 4.90 Å². The van der Waals surface area contributed by atoms with Crippen LogP contribution in [-0.4, -0.2) is 52.8 Å². The van der Waals surface area contributed by atoms with Crippen molar-refractivity contribution in [2.45, 2.75) is 26.8 Å². The molecule has 1 unspecified atom stereocenters. The first kappa shape index (κ1) is 21.7. The first-order chi connectivity index (χ1) is 14.4. The summed E-state index contributed by atoms with van der Waals surface area (Å²) >= 11 is 0. The zero-order chi connectivity index (χ0) is 21.8. The molecule has 0 bridgehead atoms. The Kier molecular flexibility index (Phi) is 6.67. The second-order valence-electron chi connectivity index (χ2n) is 7.41. The maximum atomic E-state index is 14.7. The maximum Gasteiger partial charge on any atom is 0.295 e. The third-order valence-corrected chi connectivity index (χ3v) is 5.62. The summed E-state index contributed by atoms with van der Waals surface area (Å²) < 4.78 is 14.7. The van der Waals surface area contributed by atoms with Crippen LogP contribution in [0.1, 0.15) is 36.6 Å². The number of hydrogen-bond donors (Lipinski definition) is 1. The van der Waals surface area contributed by atoms with Gasteiger partial charge in [-0.2, -0.15) is 0 Å². The van der Waals surface area contributed by atoms with Crippen molar-refractivity contribution in [1.29, 1.82) is 0 Å². The van der Waals surface area contributed by atoms with Crippen LogP contribution < -0.4 is 0 Å². The number of nitrogens with zero attached hydrogens (tertiary/aromatic N) is 2. The Bertz CT molecular complexity index is 965. The van der Waals surface area contributed by atoms with E-state index in [9.17, 15) is 19.1 Å². The summed E-state index contributed by atoms with van der Waals surface area (Å²) in [6, 6.07) is 12.1. The standard InChI is InChI=1S/C24H27FN2O3/c1-4-26(5-2)14-15-27-21(18-8-6-7-9-19(18)25)20(23(29)24(27)30)22(28)17-12-10-16(3)11-13-17/h6-13,21,28H,4-5,14-15H2,1-3H3. The normalized spacial score (nSPS) is 18.4. The molecule has 0 aromatic heterocycles. The van der Waals surface area contributed by atoms with E-state index in [1.165, 1.54) is 11.0 Å². The fraction of sp³-hybridized carbons (Fsp3) is 0.333. The topological polar surface area (TPSA) is 60.9 Å². The second kappa shape index (κ2) is 9.22. The molecule has 158 valence electrons. The van der Waals surface area contributed by atoms with Crippen molar-refractivity contribution < 1.29 is 19.1 Å². The van der Waals surface area contributed by atoms with Crippen LogP contribution in [-0.2, 0) is 9.59 Å². The van der Waals surface area contributed by atoms with Gasteiger partial charge in [0.05, 0.1) is 11.6 Å². The number of aliphatic hydroxyl groups excluding tert-OH is 1. The smallest absolute Gasteiger partial charge is 0.295 e. The fourth-order valence-corrected chi connectivity index (χ4v) is 3.79. The lowest BCUT2D eigenvalue weighted by molar-refractivity contribution is -0.140. The van der Waals surface area contributed by atoms with Gasteiger partial charge in [-0.15, -0.1) is 0 Å². The summed E-state index contributed by atoms with van der Waals surface area (Å²) in [5.74, 6) is -2.32. The number of carbonyl (C=O) groups excluding carboxylic acids is 2. The maximum absolute atomic E-state index is 14.7. The lowest BCUT2D eigenvalue weighted by Crippen LogP contribution is -2.38. The predicted octanol–water partition coefficient (Wildman–Crippen LogP) is 3.90. The molecular formula is C24H27FN2O3. The molecule has 1 heterocycles. The van der Waals surface area contributed by atoms with E-state index in [-0.39, 0.29) is 23.4 Å². The van der Waals surface area contributed by atoms with Gasteiger partial charge in [0.1, 0.15) is 11.6 Å². The van der Waals surface area contributed by atoms with E-state index >= 15 is 0 Å². The van der Waals surface area contributed by atoms with Gasteiger partial charge < -0.3 is 14.9 Å². The number of likely N-dealkylation sites (tertiary alicyclic amines) is 1. The van der Waals surface area contributed by atoms with Gasteiger partial charge >= 0.3 is 0 Å². The van der Waals surface area contributed by atoms with Crippen molar-refractivity contribution >= 4 is 17.4 Å². The largest absolute Gasteiger partial charge is 0.507 e. The molecule has 1 amide bonds. The average molecular weight is 410 g/mol. The van der Waals surface area contributed by atoms with E-state index in [1.54, 1.807) is 30.3 Å². The predicted molar refractivity (Wildman–Crippen MR) is 114 cm³/mol. The molecular weight excluding hydrogens is 383 g/mol. The molecule has 1 fully saturated rings. The number of halogens is 1. The molecule has 3 rings (SSSR count). The van der Waals surface area contributed by atoms with Gasteiger partial charge in [-0.1, -0.05) is 61.9 Å². The Morgan fingerprint density at radius 2 is 1.70 bits per heavy atom. The van der Waals surface area contributed by atoms with Crippen molar-refractivity contribution in [2.24, 2.45) is 0 Å². The number of benzene rings is 2. The van der Waals surface area contributed by atoms with E-state index in [4.69, 9.17) is 0 Å². The molecule has 1 aliphatic heterocycles. The van der Waals surface area contributed by atoms with Crippen LogP contribution >= 0.6 is 0 Å². The van der Waals surface area contributed by atoms with E-state index in [0.717, 1.165) is 18.7 Å². The highest BCUT2D eigenvalue weighted by molar-refractivity contribution is 6.46. The minimum absolute atomic E-state index is 0.0755. The van der Waals surface area contributed by atoms with Crippen LogP contribution in [0.3, 0.4) is 0 Å². The Balaban J connectivity index is 2.11. The van der Waals surface area contributed by atoms with Crippen LogP contribution in [0.15, 0.2) is 54.1 Å². The molecule has 1 atom stereocenters. The van der Waals surface area contributed by atoms with Gasteiger partial charge in [0, 0.05) is 24.2 Å². The Hall–Kier alpha value is -2.99. The summed E-state index contributed by atoms with van der Waals surface area (Å²) in [5, 5.41) is 11.0. The van der Waals surface area contributed by atoms with Crippen LogP contribution in [0.2, 0.25) is 0 Å². The molecule has 1 aliphatic rings. The number of aryl methyl sites for hydroxylation is 1. The van der Waals surface area contributed by atoms with Gasteiger partial charge in [-0.05, 0) is 26.1 Å². The number of amides is 1. The Morgan fingerprint density at radius 1 is 1.07 bits per heavy atom. The molecule has 1 saturated heterocycles. The second-order valence-corrected chi connectivity index (χ2v) is 7.41. The van der Waals surface area contributed by atoms with Crippen LogP contribution in [0, 0.1) is 12.7 Å². The first-order valence-corrected chi connectivity index (χ1v) is 10.2. The lowest BCUT2D eigenvalue weighted by atomic mass is 9.94. The van der Waals surface area contributed by atoms with E-state index in [1.807, 2.05) is 32.9 Å². The van der Waals surface area contributed by atoms with Crippen molar-refractivity contribution in [3.8, 4) is 0 Å². The van der Waals surface area contributed by atoms with Crippen LogP contribution in [0.25, 0.3) is 5.76 Å². The minimum Gasteiger partial charge on any atom is -0.507 e. The number of hydrogen-bond acceptors (Lipinski definition) is 4. The van der Waals surface area contributed by atoms with Gasteiger partial charge in [0.2, 0.25) is 0 Å². The highest BCUT2D eigenvalue weighted by Gasteiger charge is 2.46. The third kappa shape index (κ3) is 4.14. The molecule has 6 heteroatoms. The average Bonchev–Trinajstić information content (AvgIpc) is 2.99. The summed E-state index contributed by atoms with van der Waals surface area (Å²) in [4.78, 5) is 29.3. The van der Waals surface area contributed by atoms with E-state index < -0.39 is 23.5 Å². The van der Waals surface area contributed by atoms with Gasteiger partial charge in [0.15, 0.2) is 0 Å². The van der Waals surface area contributed by atoms with E-state index in [0.29, 0.717) is 12.1 Å². The first-order valence-electron chi connectivity index (χ1n) is 10.2. The Morgan fingerprint density at radius 3 is 2.30 bits per heavy atom. The van der Waals surface area contributed by atoms with Gasteiger partial charge in [-0.25, -0.2) is 4.39 Å². The molecule has 2 aromatic carbocycles. The molecule has 2 aromatic rings. The Labute approximate surface area is 176 Å². The molecule has 0 radical (unpaired) electrons.